The van der Waals surface area contributed by atoms with Crippen LogP contribution in [0.3, 0.4) is 0 Å². The molecule has 3 rings (SSSR count). The maximum Gasteiger partial charge on any atom is 0.216 e. The molecule has 50 heavy (non-hydrogen) atoms. The molecule has 8 heteroatoms. The number of carbonyl (C=O) groups excluding carboxylic acids is 2. The first-order valence-electron chi connectivity index (χ1n) is 17.5. The Morgan fingerprint density at radius 1 is 0.880 bits per heavy atom. The van der Waals surface area contributed by atoms with Crippen LogP contribution < -0.4 is 16.4 Å². The molecule has 6 nitrogen and oxygen atoms in total. The average Bonchev–Trinajstić information content (AvgIpc) is 3.04. The van der Waals surface area contributed by atoms with Crippen LogP contribution in [0, 0.1) is 44.2 Å². The summed E-state index contributed by atoms with van der Waals surface area (Å²) in [6, 6.07) is 17.5. The normalized spacial score (nSPS) is 11.1. The monoisotopic (exact) mass is 695 g/mol. The number of hydrogen-bond acceptors (Lipinski definition) is 5. The van der Waals surface area contributed by atoms with Gasteiger partial charge in [0.2, 0.25) is 5.91 Å². The summed E-state index contributed by atoms with van der Waals surface area (Å²) in [6.07, 6.45) is 12.3. The number of ether oxygens (including phenoxy) is 1. The Morgan fingerprint density at radius 2 is 1.44 bits per heavy atom. The molecule has 3 aromatic carbocycles. The van der Waals surface area contributed by atoms with Crippen LogP contribution in [0.15, 0.2) is 60.7 Å². The topological polar surface area (TPSA) is 93.4 Å². The molecule has 0 aliphatic carbocycles. The van der Waals surface area contributed by atoms with Gasteiger partial charge < -0.3 is 21.1 Å². The first kappa shape index (κ1) is 48.2. The van der Waals surface area contributed by atoms with E-state index < -0.39 is 11.6 Å². The molecule has 1 amide bonds. The van der Waals surface area contributed by atoms with Gasteiger partial charge in [-0.25, -0.2) is 8.78 Å². The van der Waals surface area contributed by atoms with Crippen molar-refractivity contribution in [1.29, 1.82) is 0 Å². The predicted octanol–water partition coefficient (Wildman–Crippen LogP) is 8.54. The summed E-state index contributed by atoms with van der Waals surface area (Å²) in [4.78, 5) is 20.4. The van der Waals surface area contributed by atoms with Crippen molar-refractivity contribution in [2.45, 2.75) is 107 Å². The summed E-state index contributed by atoms with van der Waals surface area (Å²) >= 11 is 0. The predicted molar refractivity (Wildman–Crippen MR) is 206 cm³/mol. The van der Waals surface area contributed by atoms with E-state index in [1.165, 1.54) is 36.6 Å². The summed E-state index contributed by atoms with van der Waals surface area (Å²) in [5.74, 6) is -0.498. The third-order valence-corrected chi connectivity index (χ3v) is 6.57. The smallest absolute Gasteiger partial charge is 0.216 e. The van der Waals surface area contributed by atoms with E-state index in [-0.39, 0.29) is 18.1 Å². The van der Waals surface area contributed by atoms with Crippen molar-refractivity contribution in [3.63, 3.8) is 0 Å². The van der Waals surface area contributed by atoms with Crippen molar-refractivity contribution in [2.24, 2.45) is 11.7 Å². The molecule has 4 N–H and O–H groups in total. The van der Waals surface area contributed by atoms with Crippen molar-refractivity contribution in [3.8, 4) is 12.8 Å². The molecule has 3 aromatic rings. The molecule has 278 valence electrons. The van der Waals surface area contributed by atoms with Gasteiger partial charge in [-0.1, -0.05) is 82.5 Å². The lowest BCUT2D eigenvalue weighted by Crippen LogP contribution is -2.44. The molecule has 0 unspecified atom stereocenters. The fourth-order valence-corrected chi connectivity index (χ4v) is 4.76. The second-order valence-electron chi connectivity index (χ2n) is 12.4. The standard InChI is InChI=1S/C23H32F2N2O.C9H10O.C5H11NO.C3H8.C2H2/c1-4-28-23(22(26)12-19-10-20(24)13-21(25)11-19)15-27-14-18-7-5-6-17(9-18)8-16(2)3;1-7-3-8(2)5-9(4-7)6-10;1-3-4-6-5(2)7;1-3-2;1-2/h5-7,9-11,13,16,22-23,27H,4,8,12,14-15,26H2,1-3H3;3-6H,1-2H3;3-4H2,1-2H3,(H,6,7);3H2,1-2H3;1-2H/t22-,23+;;;;/m0..../s1. The second-order valence-corrected chi connectivity index (χ2v) is 12.4. The number of rotatable bonds is 14. The van der Waals surface area contributed by atoms with Crippen molar-refractivity contribution in [2.75, 3.05) is 19.7 Å². The molecule has 0 saturated heterocycles. The van der Waals surface area contributed by atoms with Gasteiger partial charge in [0, 0.05) is 50.8 Å². The van der Waals surface area contributed by atoms with Gasteiger partial charge in [-0.05, 0) is 86.9 Å². The minimum Gasteiger partial charge on any atom is -0.376 e. The van der Waals surface area contributed by atoms with Gasteiger partial charge in [0.25, 0.3) is 0 Å². The quantitative estimate of drug-likeness (QED) is 0.116. The van der Waals surface area contributed by atoms with E-state index in [1.807, 2.05) is 45.9 Å². The zero-order valence-electron chi connectivity index (χ0n) is 32.0. The fourth-order valence-electron chi connectivity index (χ4n) is 4.76. The van der Waals surface area contributed by atoms with Crippen LogP contribution in [-0.2, 0) is 28.9 Å². The number of aryl methyl sites for hydroxylation is 2. The van der Waals surface area contributed by atoms with Gasteiger partial charge >= 0.3 is 0 Å². The van der Waals surface area contributed by atoms with E-state index in [0.29, 0.717) is 31.1 Å². The highest BCUT2D eigenvalue weighted by molar-refractivity contribution is 5.75. The maximum absolute atomic E-state index is 13.4. The van der Waals surface area contributed by atoms with Crippen LogP contribution in [0.4, 0.5) is 8.78 Å². The third kappa shape index (κ3) is 25.1. The molecule has 0 aliphatic rings. The van der Waals surface area contributed by atoms with E-state index in [2.05, 4.69) is 75.4 Å². The Balaban J connectivity index is 0. The van der Waals surface area contributed by atoms with Crippen LogP contribution in [0.1, 0.15) is 99.5 Å². The lowest BCUT2D eigenvalue weighted by atomic mass is 10.0. The number of hydrogen-bond donors (Lipinski definition) is 3. The highest BCUT2D eigenvalue weighted by Crippen LogP contribution is 2.13. The summed E-state index contributed by atoms with van der Waals surface area (Å²) in [5, 5.41) is 6.06. The summed E-state index contributed by atoms with van der Waals surface area (Å²) < 4.78 is 32.6. The van der Waals surface area contributed by atoms with Gasteiger partial charge in [0.05, 0.1) is 6.10 Å². The molecule has 0 saturated carbocycles. The number of benzene rings is 3. The highest BCUT2D eigenvalue weighted by atomic mass is 19.1. The number of carbonyl (C=O) groups is 2. The fraction of sp³-hybridized carbons (Fsp3) is 0.476. The lowest BCUT2D eigenvalue weighted by molar-refractivity contribution is -0.118. The molecule has 0 spiro atoms. The van der Waals surface area contributed by atoms with Gasteiger partial charge in [-0.3, -0.25) is 9.59 Å². The van der Waals surface area contributed by atoms with E-state index in [4.69, 9.17) is 10.5 Å². The number of aldehydes is 1. The van der Waals surface area contributed by atoms with Crippen LogP contribution in [0.2, 0.25) is 0 Å². The number of terminal acetylenes is 1. The summed E-state index contributed by atoms with van der Waals surface area (Å²) in [7, 11) is 0. The second kappa shape index (κ2) is 30.0. The number of nitrogens with one attached hydrogen (secondary N) is 2. The molecule has 0 aliphatic heterocycles. The Kier molecular flexibility index (Phi) is 28.9. The molecular weight excluding hydrogens is 632 g/mol. The Bertz CT molecular complexity index is 1320. The molecule has 0 fully saturated rings. The van der Waals surface area contributed by atoms with Gasteiger partial charge in [0.1, 0.15) is 17.9 Å². The highest BCUT2D eigenvalue weighted by Gasteiger charge is 2.19. The minimum atomic E-state index is -0.588. The lowest BCUT2D eigenvalue weighted by Gasteiger charge is -2.24. The SMILES string of the molecule is C#C.CCC.CCCNC(C)=O.CCO[C@H](CNCc1cccc(CC(C)C)c1)[C@@H](N)Cc1cc(F)cc(F)c1.Cc1cc(C)cc(C=O)c1. The summed E-state index contributed by atoms with van der Waals surface area (Å²) in [5.41, 5.74) is 12.4. The molecule has 0 radical (unpaired) electrons. The van der Waals surface area contributed by atoms with Crippen molar-refractivity contribution >= 4 is 12.2 Å². The van der Waals surface area contributed by atoms with E-state index in [1.54, 1.807) is 0 Å². The van der Waals surface area contributed by atoms with Crippen molar-refractivity contribution in [1.82, 2.24) is 10.6 Å². The Hall–Kier alpha value is -3.90. The van der Waals surface area contributed by atoms with Gasteiger partial charge in [-0.15, -0.1) is 12.8 Å². The van der Waals surface area contributed by atoms with Crippen molar-refractivity contribution in [3.05, 3.63) is 106 Å². The summed E-state index contributed by atoms with van der Waals surface area (Å²) in [6.45, 7) is 20.7. The largest absolute Gasteiger partial charge is 0.376 e. The van der Waals surface area contributed by atoms with Crippen LogP contribution in [-0.4, -0.2) is 44.0 Å². The van der Waals surface area contributed by atoms with E-state index >= 15 is 0 Å². The number of nitrogens with two attached hydrogens (primary N) is 1. The van der Waals surface area contributed by atoms with Gasteiger partial charge in [0.15, 0.2) is 0 Å². The molecular formula is C42H63F2N3O3. The number of halogens is 2. The van der Waals surface area contributed by atoms with Gasteiger partial charge in [-0.2, -0.15) is 0 Å². The molecule has 2 atom stereocenters. The maximum atomic E-state index is 13.4. The van der Waals surface area contributed by atoms with Crippen LogP contribution >= 0.6 is 0 Å². The van der Waals surface area contributed by atoms with Crippen LogP contribution in [0.25, 0.3) is 0 Å². The van der Waals surface area contributed by atoms with Crippen molar-refractivity contribution < 1.29 is 23.1 Å². The zero-order valence-corrected chi connectivity index (χ0v) is 32.0. The molecule has 0 heterocycles. The van der Waals surface area contributed by atoms with E-state index in [9.17, 15) is 18.4 Å². The van der Waals surface area contributed by atoms with E-state index in [0.717, 1.165) is 55.0 Å². The average molecular weight is 696 g/mol. The van der Waals surface area contributed by atoms with Crippen LogP contribution in [0.5, 0.6) is 0 Å². The molecule has 0 aromatic heterocycles. The molecule has 0 bridgehead atoms. The third-order valence-electron chi connectivity index (χ3n) is 6.57. The Morgan fingerprint density at radius 3 is 1.90 bits per heavy atom. The zero-order chi connectivity index (χ0) is 38.5. The first-order valence-corrected chi connectivity index (χ1v) is 17.5. The Labute approximate surface area is 302 Å². The number of amides is 1. The minimum absolute atomic E-state index is 0.0573. The first-order chi connectivity index (χ1) is 23.8.